The molecule has 5 nitrogen and oxygen atoms in total. The van der Waals surface area contributed by atoms with E-state index in [0.717, 1.165) is 16.3 Å². The average molecular weight is 405 g/mol. The Hall–Kier alpha value is -2.94. The maximum absolute atomic E-state index is 14.2. The third-order valence-corrected chi connectivity index (χ3v) is 5.47. The number of nitrogens with zero attached hydrogens (tertiary/aromatic N) is 3. The van der Waals surface area contributed by atoms with Crippen molar-refractivity contribution in [2.75, 3.05) is 18.0 Å². The van der Waals surface area contributed by atoms with Crippen LogP contribution in [0.3, 0.4) is 0 Å². The highest BCUT2D eigenvalue weighted by Gasteiger charge is 2.22. The first-order chi connectivity index (χ1) is 13.4. The minimum Gasteiger partial charge on any atom is -0.478 e. The molecule has 0 aliphatic carbocycles. The van der Waals surface area contributed by atoms with Gasteiger partial charge in [0, 0.05) is 25.2 Å². The summed E-state index contributed by atoms with van der Waals surface area (Å²) in [7, 11) is 0. The highest BCUT2D eigenvalue weighted by molar-refractivity contribution is 7.17. The zero-order chi connectivity index (χ0) is 19.8. The summed E-state index contributed by atoms with van der Waals surface area (Å²) in [6.45, 7) is 1.09. The molecule has 0 atom stereocenters. The fourth-order valence-electron chi connectivity index (χ4n) is 3.20. The second-order valence-electron chi connectivity index (χ2n) is 6.38. The van der Waals surface area contributed by atoms with Crippen LogP contribution in [0.1, 0.15) is 12.8 Å². The molecular formula is C19H14F3N3O2S. The van der Waals surface area contributed by atoms with E-state index in [0.29, 0.717) is 43.3 Å². The molecule has 0 radical (unpaired) electrons. The number of carbonyl (C=O) groups is 1. The lowest BCUT2D eigenvalue weighted by Crippen LogP contribution is -2.31. The van der Waals surface area contributed by atoms with E-state index in [-0.39, 0.29) is 11.4 Å². The molecule has 1 fully saturated rings. The Bertz CT molecular complexity index is 1100. The smallest absolute Gasteiger partial charge is 0.328 e. The lowest BCUT2D eigenvalue weighted by molar-refractivity contribution is -0.131. The predicted molar refractivity (Wildman–Crippen MR) is 99.9 cm³/mol. The van der Waals surface area contributed by atoms with Crippen LogP contribution in [0.25, 0.3) is 21.6 Å². The van der Waals surface area contributed by atoms with Crippen LogP contribution in [0, 0.1) is 17.5 Å². The van der Waals surface area contributed by atoms with Crippen LogP contribution < -0.4 is 4.90 Å². The molecule has 3 heterocycles. The lowest BCUT2D eigenvalue weighted by Gasteiger charge is -2.29. The van der Waals surface area contributed by atoms with E-state index in [9.17, 15) is 18.0 Å². The van der Waals surface area contributed by atoms with Crippen molar-refractivity contribution in [3.8, 4) is 11.4 Å². The van der Waals surface area contributed by atoms with Crippen molar-refractivity contribution < 1.29 is 23.1 Å². The van der Waals surface area contributed by atoms with Crippen molar-refractivity contribution >= 4 is 33.3 Å². The van der Waals surface area contributed by atoms with Crippen molar-refractivity contribution in [3.05, 3.63) is 52.7 Å². The molecule has 0 unspecified atom stereocenters. The van der Waals surface area contributed by atoms with Gasteiger partial charge in [-0.1, -0.05) is 5.57 Å². The molecule has 1 saturated heterocycles. The van der Waals surface area contributed by atoms with Crippen molar-refractivity contribution in [1.29, 1.82) is 0 Å². The van der Waals surface area contributed by atoms with E-state index in [1.807, 2.05) is 10.3 Å². The fourth-order valence-corrected chi connectivity index (χ4v) is 4.05. The third kappa shape index (κ3) is 3.45. The minimum atomic E-state index is -1.27. The lowest BCUT2D eigenvalue weighted by atomic mass is 10.0. The van der Waals surface area contributed by atoms with Crippen molar-refractivity contribution in [2.24, 2.45) is 0 Å². The Morgan fingerprint density at radius 2 is 1.82 bits per heavy atom. The summed E-state index contributed by atoms with van der Waals surface area (Å²) in [4.78, 5) is 21.6. The number of rotatable bonds is 3. The SMILES string of the molecule is O=C(O)C=C1CCN(c2nc(-c3cc(F)c(F)cc3F)nc3ccsc23)CC1. The van der Waals surface area contributed by atoms with Crippen LogP contribution >= 0.6 is 11.3 Å². The van der Waals surface area contributed by atoms with Crippen molar-refractivity contribution in [1.82, 2.24) is 9.97 Å². The highest BCUT2D eigenvalue weighted by Crippen LogP contribution is 2.34. The maximum atomic E-state index is 14.2. The van der Waals surface area contributed by atoms with Gasteiger partial charge in [-0.2, -0.15) is 0 Å². The van der Waals surface area contributed by atoms with Crippen LogP contribution in [0.4, 0.5) is 19.0 Å². The zero-order valence-corrected chi connectivity index (χ0v) is 15.3. The summed E-state index contributed by atoms with van der Waals surface area (Å²) >= 11 is 1.43. The number of anilines is 1. The summed E-state index contributed by atoms with van der Waals surface area (Å²) in [5, 5.41) is 10.7. The summed E-state index contributed by atoms with van der Waals surface area (Å²) in [6, 6.07) is 2.99. The predicted octanol–water partition coefficient (Wildman–Crippen LogP) is 4.39. The first-order valence-electron chi connectivity index (χ1n) is 8.50. The monoisotopic (exact) mass is 405 g/mol. The van der Waals surface area contributed by atoms with Crippen molar-refractivity contribution in [3.63, 3.8) is 0 Å². The number of hydrogen-bond donors (Lipinski definition) is 1. The number of aliphatic carboxylic acids is 1. The standard InChI is InChI=1S/C19H14F3N3O2S/c20-12-9-14(22)13(21)8-11(12)18-23-15-3-6-28-17(15)19(24-18)25-4-1-10(2-5-25)7-16(26)27/h3,6-9H,1-2,4-5H2,(H,26,27). The summed E-state index contributed by atoms with van der Waals surface area (Å²) < 4.78 is 41.9. The number of carboxylic acid groups (broad SMARTS) is 1. The summed E-state index contributed by atoms with van der Waals surface area (Å²) in [5.74, 6) is -3.80. The van der Waals surface area contributed by atoms with E-state index in [1.54, 1.807) is 6.07 Å². The molecule has 9 heteroatoms. The van der Waals surface area contributed by atoms with E-state index in [4.69, 9.17) is 5.11 Å². The van der Waals surface area contributed by atoms with Gasteiger partial charge < -0.3 is 10.0 Å². The number of aromatic nitrogens is 2. The Morgan fingerprint density at radius 1 is 1.11 bits per heavy atom. The number of hydrogen-bond acceptors (Lipinski definition) is 5. The Balaban J connectivity index is 1.75. The molecule has 1 aliphatic rings. The van der Waals surface area contributed by atoms with Gasteiger partial charge in [-0.05, 0) is 30.4 Å². The number of thiophene rings is 1. The topological polar surface area (TPSA) is 66.3 Å². The molecule has 144 valence electrons. The molecule has 3 aromatic rings. The molecule has 4 rings (SSSR count). The normalized spacial score (nSPS) is 14.5. The van der Waals surface area contributed by atoms with Crippen molar-refractivity contribution in [2.45, 2.75) is 12.8 Å². The largest absolute Gasteiger partial charge is 0.478 e. The molecule has 2 aromatic heterocycles. The fraction of sp³-hybridized carbons (Fsp3) is 0.211. The number of fused-ring (bicyclic) bond motifs is 1. The second kappa shape index (κ2) is 7.23. The Kier molecular flexibility index (Phi) is 4.76. The van der Waals surface area contributed by atoms with Gasteiger partial charge in [0.2, 0.25) is 0 Å². The molecule has 0 spiro atoms. The number of benzene rings is 1. The summed E-state index contributed by atoms with van der Waals surface area (Å²) in [6.07, 6.45) is 2.36. The van der Waals surface area contributed by atoms with E-state index >= 15 is 0 Å². The van der Waals surface area contributed by atoms with Gasteiger partial charge in [0.05, 0.1) is 15.8 Å². The van der Waals surface area contributed by atoms with E-state index in [1.165, 1.54) is 17.4 Å². The summed E-state index contributed by atoms with van der Waals surface area (Å²) in [5.41, 5.74) is 1.21. The quantitative estimate of drug-likeness (QED) is 0.517. The average Bonchev–Trinajstić information content (AvgIpc) is 3.13. The Labute approximate surface area is 161 Å². The zero-order valence-electron chi connectivity index (χ0n) is 14.5. The number of halogens is 3. The van der Waals surface area contributed by atoms with Gasteiger partial charge in [-0.25, -0.2) is 27.9 Å². The van der Waals surface area contributed by atoms with Crippen LogP contribution in [0.15, 0.2) is 35.2 Å². The van der Waals surface area contributed by atoms with E-state index in [2.05, 4.69) is 9.97 Å². The third-order valence-electron chi connectivity index (χ3n) is 4.57. The van der Waals surface area contributed by atoms with Crippen LogP contribution in [0.2, 0.25) is 0 Å². The molecule has 1 N–H and O–H groups in total. The van der Waals surface area contributed by atoms with Crippen LogP contribution in [-0.4, -0.2) is 34.1 Å². The van der Waals surface area contributed by atoms with Gasteiger partial charge in [0.25, 0.3) is 0 Å². The molecule has 0 saturated carbocycles. The number of carboxylic acids is 1. The second-order valence-corrected chi connectivity index (χ2v) is 7.30. The minimum absolute atomic E-state index is 0.0239. The van der Waals surface area contributed by atoms with E-state index < -0.39 is 23.4 Å². The van der Waals surface area contributed by atoms with Gasteiger partial charge in [-0.3, -0.25) is 0 Å². The highest BCUT2D eigenvalue weighted by atomic mass is 32.1. The van der Waals surface area contributed by atoms with Gasteiger partial charge >= 0.3 is 5.97 Å². The van der Waals surface area contributed by atoms with Gasteiger partial charge in [0.15, 0.2) is 23.3 Å². The molecule has 1 aliphatic heterocycles. The molecule has 1 aromatic carbocycles. The van der Waals surface area contributed by atoms with Crippen LogP contribution in [-0.2, 0) is 4.79 Å². The first kappa shape index (κ1) is 18.4. The molecule has 0 amide bonds. The van der Waals surface area contributed by atoms with Gasteiger partial charge in [0.1, 0.15) is 5.82 Å². The van der Waals surface area contributed by atoms with Crippen LogP contribution in [0.5, 0.6) is 0 Å². The van der Waals surface area contributed by atoms with Gasteiger partial charge in [-0.15, -0.1) is 11.3 Å². The number of piperidine rings is 1. The first-order valence-corrected chi connectivity index (χ1v) is 9.38. The Morgan fingerprint density at radius 3 is 2.54 bits per heavy atom. The molecular weight excluding hydrogens is 391 g/mol. The molecule has 0 bridgehead atoms. The maximum Gasteiger partial charge on any atom is 0.328 e. The molecule has 28 heavy (non-hydrogen) atoms.